The van der Waals surface area contributed by atoms with Crippen molar-refractivity contribution in [2.24, 2.45) is 0 Å². The molecule has 0 bridgehead atoms. The predicted octanol–water partition coefficient (Wildman–Crippen LogP) is 4.47. The Bertz CT molecular complexity index is 559. The van der Waals surface area contributed by atoms with E-state index in [1.54, 1.807) is 0 Å². The largest absolute Gasteiger partial charge is 0.489 e. The van der Waals surface area contributed by atoms with Gasteiger partial charge >= 0.3 is 0 Å². The van der Waals surface area contributed by atoms with E-state index < -0.39 is 0 Å². The molecular weight excluding hydrogens is 316 g/mol. The SMILES string of the molecule is CCNc1ccc(COc2cc(C)c(Br)c(C)c2)cn1. The van der Waals surface area contributed by atoms with E-state index in [1.165, 1.54) is 11.1 Å². The van der Waals surface area contributed by atoms with Crippen molar-refractivity contribution in [2.45, 2.75) is 27.4 Å². The number of nitrogens with zero attached hydrogens (tertiary/aromatic N) is 1. The molecule has 2 rings (SSSR count). The third kappa shape index (κ3) is 3.73. The molecule has 1 N–H and O–H groups in total. The summed E-state index contributed by atoms with van der Waals surface area (Å²) in [7, 11) is 0. The molecule has 106 valence electrons. The van der Waals surface area contributed by atoms with Crippen molar-refractivity contribution in [3.05, 3.63) is 51.6 Å². The Labute approximate surface area is 128 Å². The first-order valence-electron chi connectivity index (χ1n) is 6.68. The summed E-state index contributed by atoms with van der Waals surface area (Å²) >= 11 is 3.56. The summed E-state index contributed by atoms with van der Waals surface area (Å²) in [5.41, 5.74) is 3.42. The molecule has 0 atom stereocenters. The summed E-state index contributed by atoms with van der Waals surface area (Å²) in [6.07, 6.45) is 1.84. The second kappa shape index (κ2) is 6.75. The third-order valence-corrected chi connectivity index (χ3v) is 4.25. The summed E-state index contributed by atoms with van der Waals surface area (Å²) in [5, 5.41) is 3.17. The van der Waals surface area contributed by atoms with Gasteiger partial charge in [0.05, 0.1) is 0 Å². The number of benzene rings is 1. The van der Waals surface area contributed by atoms with Crippen LogP contribution in [0.1, 0.15) is 23.6 Å². The van der Waals surface area contributed by atoms with Crippen molar-refractivity contribution < 1.29 is 4.74 Å². The first-order valence-corrected chi connectivity index (χ1v) is 7.47. The second-order valence-corrected chi connectivity index (χ2v) is 5.53. The highest BCUT2D eigenvalue weighted by Crippen LogP contribution is 2.26. The molecule has 0 fully saturated rings. The van der Waals surface area contributed by atoms with Crippen LogP contribution in [0.2, 0.25) is 0 Å². The molecule has 0 aliphatic heterocycles. The zero-order valence-electron chi connectivity index (χ0n) is 12.0. The highest BCUT2D eigenvalue weighted by atomic mass is 79.9. The Balaban J connectivity index is 2.01. The zero-order chi connectivity index (χ0) is 14.5. The summed E-state index contributed by atoms with van der Waals surface area (Å²) < 4.78 is 6.97. The summed E-state index contributed by atoms with van der Waals surface area (Å²) in [4.78, 5) is 4.33. The minimum absolute atomic E-state index is 0.528. The number of hydrogen-bond acceptors (Lipinski definition) is 3. The number of halogens is 1. The van der Waals surface area contributed by atoms with Gasteiger partial charge in [0.15, 0.2) is 0 Å². The Morgan fingerprint density at radius 1 is 1.20 bits per heavy atom. The Hall–Kier alpha value is -1.55. The van der Waals surface area contributed by atoms with Crippen molar-refractivity contribution in [3.8, 4) is 5.75 Å². The lowest BCUT2D eigenvalue weighted by Crippen LogP contribution is -2.01. The lowest BCUT2D eigenvalue weighted by atomic mass is 10.1. The quantitative estimate of drug-likeness (QED) is 0.875. The average molecular weight is 335 g/mol. The highest BCUT2D eigenvalue weighted by molar-refractivity contribution is 9.10. The number of rotatable bonds is 5. The first-order chi connectivity index (χ1) is 9.60. The van der Waals surface area contributed by atoms with Crippen molar-refractivity contribution in [3.63, 3.8) is 0 Å². The number of anilines is 1. The number of pyridine rings is 1. The lowest BCUT2D eigenvalue weighted by molar-refractivity contribution is 0.305. The Kier molecular flexibility index (Phi) is 5.01. The van der Waals surface area contributed by atoms with Crippen molar-refractivity contribution in [2.75, 3.05) is 11.9 Å². The van der Waals surface area contributed by atoms with Crippen LogP contribution in [0.3, 0.4) is 0 Å². The van der Waals surface area contributed by atoms with Crippen LogP contribution in [-0.2, 0) is 6.61 Å². The van der Waals surface area contributed by atoms with Crippen molar-refractivity contribution in [1.82, 2.24) is 4.98 Å². The van der Waals surface area contributed by atoms with Crippen LogP contribution in [0, 0.1) is 13.8 Å². The average Bonchev–Trinajstić information content (AvgIpc) is 2.44. The van der Waals surface area contributed by atoms with E-state index in [9.17, 15) is 0 Å². The van der Waals surface area contributed by atoms with E-state index in [2.05, 4.69) is 47.0 Å². The topological polar surface area (TPSA) is 34.1 Å². The molecule has 1 aromatic heterocycles. The smallest absolute Gasteiger partial charge is 0.125 e. The van der Waals surface area contributed by atoms with Crippen LogP contribution in [-0.4, -0.2) is 11.5 Å². The van der Waals surface area contributed by atoms with Crippen LogP contribution in [0.15, 0.2) is 34.9 Å². The molecule has 0 aliphatic carbocycles. The molecule has 1 aromatic carbocycles. The molecule has 0 amide bonds. The molecule has 0 saturated heterocycles. The van der Waals surface area contributed by atoms with Crippen LogP contribution < -0.4 is 10.1 Å². The second-order valence-electron chi connectivity index (χ2n) is 4.74. The van der Waals surface area contributed by atoms with Crippen LogP contribution >= 0.6 is 15.9 Å². The monoisotopic (exact) mass is 334 g/mol. The summed E-state index contributed by atoms with van der Waals surface area (Å²) in [6, 6.07) is 8.08. The van der Waals surface area contributed by atoms with Crippen molar-refractivity contribution in [1.29, 1.82) is 0 Å². The number of aromatic nitrogens is 1. The van der Waals surface area contributed by atoms with Gasteiger partial charge in [-0.25, -0.2) is 4.98 Å². The van der Waals surface area contributed by atoms with E-state index in [1.807, 2.05) is 30.5 Å². The van der Waals surface area contributed by atoms with E-state index >= 15 is 0 Å². The van der Waals surface area contributed by atoms with Gasteiger partial charge < -0.3 is 10.1 Å². The maximum Gasteiger partial charge on any atom is 0.125 e. The fourth-order valence-electron chi connectivity index (χ4n) is 1.95. The maximum atomic E-state index is 5.83. The zero-order valence-corrected chi connectivity index (χ0v) is 13.6. The normalized spacial score (nSPS) is 10.4. The van der Waals surface area contributed by atoms with E-state index in [4.69, 9.17) is 4.74 Å². The number of aryl methyl sites for hydroxylation is 2. The number of nitrogens with one attached hydrogen (secondary N) is 1. The van der Waals surface area contributed by atoms with Gasteiger partial charge in [-0.05, 0) is 50.1 Å². The van der Waals surface area contributed by atoms with Gasteiger partial charge in [-0.3, -0.25) is 0 Å². The fraction of sp³-hybridized carbons (Fsp3) is 0.312. The first kappa shape index (κ1) is 14.9. The van der Waals surface area contributed by atoms with Gasteiger partial charge in [-0.2, -0.15) is 0 Å². The van der Waals surface area contributed by atoms with Gasteiger partial charge in [0.2, 0.25) is 0 Å². The Morgan fingerprint density at radius 3 is 2.45 bits per heavy atom. The molecule has 3 nitrogen and oxygen atoms in total. The molecule has 20 heavy (non-hydrogen) atoms. The van der Waals surface area contributed by atoms with Gasteiger partial charge in [-0.1, -0.05) is 22.0 Å². The van der Waals surface area contributed by atoms with E-state index in [0.29, 0.717) is 6.61 Å². The van der Waals surface area contributed by atoms with Gasteiger partial charge in [0.1, 0.15) is 18.2 Å². The Morgan fingerprint density at radius 2 is 1.90 bits per heavy atom. The summed E-state index contributed by atoms with van der Waals surface area (Å²) in [6.45, 7) is 7.59. The molecule has 2 aromatic rings. The van der Waals surface area contributed by atoms with Gasteiger partial charge in [-0.15, -0.1) is 0 Å². The van der Waals surface area contributed by atoms with Crippen LogP contribution in [0.4, 0.5) is 5.82 Å². The molecule has 0 aliphatic rings. The predicted molar refractivity (Wildman–Crippen MR) is 86.3 cm³/mol. The van der Waals surface area contributed by atoms with E-state index in [0.717, 1.165) is 28.1 Å². The lowest BCUT2D eigenvalue weighted by Gasteiger charge is -2.10. The molecule has 0 spiro atoms. The van der Waals surface area contributed by atoms with Crippen LogP contribution in [0.25, 0.3) is 0 Å². The van der Waals surface area contributed by atoms with Crippen LogP contribution in [0.5, 0.6) is 5.75 Å². The molecule has 1 heterocycles. The summed E-state index contributed by atoms with van der Waals surface area (Å²) in [5.74, 6) is 1.78. The molecule has 0 radical (unpaired) electrons. The third-order valence-electron chi connectivity index (χ3n) is 3.00. The number of ether oxygens (including phenoxy) is 1. The standard InChI is InChI=1S/C16H19BrN2O/c1-4-18-15-6-5-13(9-19-15)10-20-14-7-11(2)16(17)12(3)8-14/h5-9H,4,10H2,1-3H3,(H,18,19). The van der Waals surface area contributed by atoms with Gasteiger partial charge in [0, 0.05) is 22.8 Å². The molecule has 0 unspecified atom stereocenters. The highest BCUT2D eigenvalue weighted by Gasteiger charge is 2.04. The minimum Gasteiger partial charge on any atom is -0.489 e. The maximum absolute atomic E-state index is 5.83. The van der Waals surface area contributed by atoms with Gasteiger partial charge in [0.25, 0.3) is 0 Å². The minimum atomic E-state index is 0.528. The number of hydrogen-bond donors (Lipinski definition) is 1. The van der Waals surface area contributed by atoms with Crippen molar-refractivity contribution >= 4 is 21.7 Å². The molecule has 0 saturated carbocycles. The molecular formula is C16H19BrN2O. The molecule has 4 heteroatoms. The van der Waals surface area contributed by atoms with E-state index in [-0.39, 0.29) is 0 Å². The fourth-order valence-corrected chi connectivity index (χ4v) is 2.18.